The highest BCUT2D eigenvalue weighted by atomic mass is 35.5. The first-order valence-corrected chi connectivity index (χ1v) is 9.00. The normalized spacial score (nSPS) is 13.9. The molecule has 5 heteroatoms. The molecule has 0 saturated heterocycles. The van der Waals surface area contributed by atoms with Crippen molar-refractivity contribution >= 4 is 29.4 Å². The van der Waals surface area contributed by atoms with Crippen molar-refractivity contribution in [2.45, 2.75) is 6.92 Å². The predicted molar refractivity (Wildman–Crippen MR) is 107 cm³/mol. The molecule has 0 aromatic heterocycles. The summed E-state index contributed by atoms with van der Waals surface area (Å²) in [7, 11) is 0. The minimum atomic E-state index is -0.471. The maximum atomic E-state index is 12.5. The van der Waals surface area contributed by atoms with Gasteiger partial charge >= 0.3 is 5.97 Å². The predicted octanol–water partition coefficient (Wildman–Crippen LogP) is 5.48. The second kappa shape index (κ2) is 7.33. The molecule has 1 aliphatic heterocycles. The average Bonchev–Trinajstić information content (AvgIpc) is 2.99. The molecule has 4 rings (SSSR count). The van der Waals surface area contributed by atoms with Gasteiger partial charge in [0.2, 0.25) is 5.78 Å². The summed E-state index contributed by atoms with van der Waals surface area (Å²) < 4.78 is 11.1. The van der Waals surface area contributed by atoms with Gasteiger partial charge in [0.15, 0.2) is 5.76 Å². The van der Waals surface area contributed by atoms with E-state index >= 15 is 0 Å². The van der Waals surface area contributed by atoms with Gasteiger partial charge in [0.25, 0.3) is 0 Å². The van der Waals surface area contributed by atoms with Gasteiger partial charge in [-0.3, -0.25) is 4.79 Å². The van der Waals surface area contributed by atoms with Gasteiger partial charge < -0.3 is 9.47 Å². The van der Waals surface area contributed by atoms with Crippen molar-refractivity contribution in [3.05, 3.63) is 99.8 Å². The van der Waals surface area contributed by atoms with E-state index in [1.807, 2.05) is 19.1 Å². The largest absolute Gasteiger partial charge is 0.452 e. The van der Waals surface area contributed by atoms with Gasteiger partial charge in [-0.05, 0) is 55.0 Å². The third-order valence-corrected chi connectivity index (χ3v) is 4.56. The number of carbonyl (C=O) groups excluding carboxylic acids is 2. The molecule has 1 heterocycles. The van der Waals surface area contributed by atoms with Crippen LogP contribution in [-0.4, -0.2) is 11.8 Å². The van der Waals surface area contributed by atoms with Crippen molar-refractivity contribution in [2.75, 3.05) is 0 Å². The van der Waals surface area contributed by atoms with E-state index in [1.54, 1.807) is 60.7 Å². The van der Waals surface area contributed by atoms with Crippen LogP contribution in [-0.2, 0) is 0 Å². The molecule has 0 N–H and O–H groups in total. The summed E-state index contributed by atoms with van der Waals surface area (Å²) in [5, 5.41) is 0.615. The third-order valence-electron chi connectivity index (χ3n) is 4.31. The molecule has 0 amide bonds. The van der Waals surface area contributed by atoms with Crippen LogP contribution in [0.25, 0.3) is 6.08 Å². The Morgan fingerprint density at radius 3 is 2.43 bits per heavy atom. The van der Waals surface area contributed by atoms with Crippen LogP contribution < -0.4 is 9.47 Å². The maximum absolute atomic E-state index is 12.5. The molecule has 28 heavy (non-hydrogen) atoms. The maximum Gasteiger partial charge on any atom is 0.343 e. The summed E-state index contributed by atoms with van der Waals surface area (Å²) in [4.78, 5) is 24.8. The minimum Gasteiger partial charge on any atom is -0.452 e. The number of Topliss-reactive ketones (excluding diaryl/α,β-unsaturated/α-hetero) is 1. The summed E-state index contributed by atoms with van der Waals surface area (Å²) in [6.45, 7) is 1.94. The van der Waals surface area contributed by atoms with Crippen molar-refractivity contribution in [2.24, 2.45) is 0 Å². The molecular weight excluding hydrogens is 376 g/mol. The number of allylic oxidation sites excluding steroid dienone is 1. The fourth-order valence-corrected chi connectivity index (χ4v) is 2.92. The van der Waals surface area contributed by atoms with Crippen LogP contribution in [0, 0.1) is 6.92 Å². The first-order chi connectivity index (χ1) is 13.5. The molecule has 0 saturated carbocycles. The van der Waals surface area contributed by atoms with Crippen LogP contribution in [0.1, 0.15) is 31.8 Å². The zero-order chi connectivity index (χ0) is 19.7. The van der Waals surface area contributed by atoms with Crippen molar-refractivity contribution in [1.29, 1.82) is 0 Å². The molecule has 138 valence electrons. The number of carbonyl (C=O) groups is 2. The zero-order valence-electron chi connectivity index (χ0n) is 14.9. The Morgan fingerprint density at radius 2 is 1.71 bits per heavy atom. The van der Waals surface area contributed by atoms with Gasteiger partial charge in [0.1, 0.15) is 11.5 Å². The molecule has 0 atom stereocenters. The Hall–Kier alpha value is -3.37. The molecule has 0 aliphatic carbocycles. The van der Waals surface area contributed by atoms with Crippen molar-refractivity contribution in [1.82, 2.24) is 0 Å². The smallest absolute Gasteiger partial charge is 0.343 e. The van der Waals surface area contributed by atoms with Gasteiger partial charge in [0, 0.05) is 11.1 Å². The minimum absolute atomic E-state index is 0.208. The number of hydrogen-bond acceptors (Lipinski definition) is 4. The van der Waals surface area contributed by atoms with E-state index in [9.17, 15) is 9.59 Å². The molecule has 0 spiro atoms. The average molecular weight is 391 g/mol. The monoisotopic (exact) mass is 390 g/mol. The number of ketones is 1. The van der Waals surface area contributed by atoms with Crippen LogP contribution in [0.2, 0.25) is 5.02 Å². The summed E-state index contributed by atoms with van der Waals surface area (Å²) in [6, 6.07) is 18.9. The fraction of sp³-hybridized carbons (Fsp3) is 0.0435. The summed E-state index contributed by atoms with van der Waals surface area (Å²) in [5.74, 6) is 0.186. The third kappa shape index (κ3) is 3.68. The van der Waals surface area contributed by atoms with E-state index in [2.05, 4.69) is 0 Å². The summed E-state index contributed by atoms with van der Waals surface area (Å²) in [5.41, 5.74) is 2.73. The number of fused-ring (bicyclic) bond motifs is 1. The molecular formula is C23H15ClO4. The quantitative estimate of drug-likeness (QED) is 0.337. The number of aryl methyl sites for hydroxylation is 1. The van der Waals surface area contributed by atoms with E-state index < -0.39 is 5.97 Å². The SMILES string of the molecule is Cc1ccc(C(=O)Oc2ccc3c(c2)OC(=Cc2ccc(Cl)cc2)C3=O)cc1. The molecule has 1 aliphatic rings. The van der Waals surface area contributed by atoms with Crippen LogP contribution in [0.15, 0.2) is 72.5 Å². The van der Waals surface area contributed by atoms with Crippen LogP contribution in [0.3, 0.4) is 0 Å². The van der Waals surface area contributed by atoms with E-state index in [0.29, 0.717) is 27.6 Å². The molecule has 3 aromatic rings. The molecule has 0 radical (unpaired) electrons. The number of halogens is 1. The van der Waals surface area contributed by atoms with Crippen molar-refractivity contribution in [3.8, 4) is 11.5 Å². The second-order valence-corrected chi connectivity index (χ2v) is 6.84. The first kappa shape index (κ1) is 18.0. The van der Waals surface area contributed by atoms with Crippen molar-refractivity contribution in [3.63, 3.8) is 0 Å². The molecule has 4 nitrogen and oxygen atoms in total. The first-order valence-electron chi connectivity index (χ1n) is 8.62. The second-order valence-electron chi connectivity index (χ2n) is 6.40. The van der Waals surface area contributed by atoms with Crippen molar-refractivity contribution < 1.29 is 19.1 Å². The Kier molecular flexibility index (Phi) is 4.72. The lowest BCUT2D eigenvalue weighted by molar-refractivity contribution is 0.0734. The van der Waals surface area contributed by atoms with E-state index in [-0.39, 0.29) is 11.5 Å². The molecule has 0 fully saturated rings. The van der Waals surface area contributed by atoms with Gasteiger partial charge in [0.05, 0.1) is 11.1 Å². The Labute approximate surface area is 167 Å². The van der Waals surface area contributed by atoms with Crippen LogP contribution in [0.4, 0.5) is 0 Å². The number of ether oxygens (including phenoxy) is 2. The Balaban J connectivity index is 1.54. The van der Waals surface area contributed by atoms with Gasteiger partial charge in [-0.1, -0.05) is 41.4 Å². The van der Waals surface area contributed by atoms with E-state index in [1.165, 1.54) is 0 Å². The Bertz CT molecular complexity index is 1100. The van der Waals surface area contributed by atoms with Gasteiger partial charge in [-0.2, -0.15) is 0 Å². The highest BCUT2D eigenvalue weighted by molar-refractivity contribution is 6.30. The van der Waals surface area contributed by atoms with Gasteiger partial charge in [-0.25, -0.2) is 4.79 Å². The number of esters is 1. The highest BCUT2D eigenvalue weighted by Gasteiger charge is 2.28. The van der Waals surface area contributed by atoms with Gasteiger partial charge in [-0.15, -0.1) is 0 Å². The molecule has 0 unspecified atom stereocenters. The topological polar surface area (TPSA) is 52.6 Å². The number of hydrogen-bond donors (Lipinski definition) is 0. The van der Waals surface area contributed by atoms with E-state index in [4.69, 9.17) is 21.1 Å². The standard InChI is InChI=1S/C23H15ClO4/c1-14-2-6-16(7-3-14)23(26)27-18-10-11-19-20(13-18)28-21(22(19)25)12-15-4-8-17(24)9-5-15/h2-13H,1H3. The summed E-state index contributed by atoms with van der Waals surface area (Å²) >= 11 is 5.88. The fourth-order valence-electron chi connectivity index (χ4n) is 2.80. The molecule has 3 aromatic carbocycles. The summed E-state index contributed by atoms with van der Waals surface area (Å²) in [6.07, 6.45) is 1.65. The lowest BCUT2D eigenvalue weighted by atomic mass is 10.1. The van der Waals surface area contributed by atoms with E-state index in [0.717, 1.165) is 11.1 Å². The number of benzene rings is 3. The van der Waals surface area contributed by atoms with Crippen LogP contribution in [0.5, 0.6) is 11.5 Å². The molecule has 0 bridgehead atoms. The lowest BCUT2D eigenvalue weighted by Crippen LogP contribution is -2.08. The number of rotatable bonds is 3. The van der Waals surface area contributed by atoms with Crippen LogP contribution >= 0.6 is 11.6 Å². The highest BCUT2D eigenvalue weighted by Crippen LogP contribution is 2.35. The Morgan fingerprint density at radius 1 is 1.00 bits per heavy atom. The lowest BCUT2D eigenvalue weighted by Gasteiger charge is -2.06. The zero-order valence-corrected chi connectivity index (χ0v) is 15.7.